The number of anilines is 1. The van der Waals surface area contributed by atoms with E-state index in [2.05, 4.69) is 29.2 Å². The Hall–Kier alpha value is -4.60. The molecule has 36 heavy (non-hydrogen) atoms. The molecule has 0 atom stereocenters. The summed E-state index contributed by atoms with van der Waals surface area (Å²) in [5, 5.41) is 6.61. The molecule has 0 fully saturated rings. The summed E-state index contributed by atoms with van der Waals surface area (Å²) >= 11 is 0. The van der Waals surface area contributed by atoms with Gasteiger partial charge in [0.05, 0.1) is 16.7 Å². The zero-order chi connectivity index (χ0) is 25.4. The molecule has 8 nitrogen and oxygen atoms in total. The maximum absolute atomic E-state index is 13.9. The first-order valence-electron chi connectivity index (χ1n) is 11.2. The number of halogens is 2. The molecule has 0 bridgehead atoms. The number of aromatic nitrogens is 4. The van der Waals surface area contributed by atoms with Crippen molar-refractivity contribution < 1.29 is 18.3 Å². The van der Waals surface area contributed by atoms with Crippen molar-refractivity contribution in [2.75, 3.05) is 5.32 Å². The molecule has 1 amide bonds. The molecule has 0 unspecified atom stereocenters. The lowest BCUT2D eigenvalue weighted by Gasteiger charge is -2.09. The number of nitrogens with zero attached hydrogens (tertiary/aromatic N) is 4. The van der Waals surface area contributed by atoms with Gasteiger partial charge in [-0.1, -0.05) is 38.1 Å². The first-order chi connectivity index (χ1) is 17.3. The van der Waals surface area contributed by atoms with Crippen molar-refractivity contribution in [1.82, 2.24) is 19.2 Å². The lowest BCUT2D eigenvalue weighted by Crippen LogP contribution is -2.28. The highest BCUT2D eigenvalue weighted by Crippen LogP contribution is 2.27. The van der Waals surface area contributed by atoms with E-state index >= 15 is 0 Å². The number of amides is 1. The average Bonchev–Trinajstić information content (AvgIpc) is 3.17. The van der Waals surface area contributed by atoms with Crippen molar-refractivity contribution in [2.45, 2.75) is 26.3 Å². The molecule has 0 spiro atoms. The standard InChI is InChI=1S/C26H21F2N5O3/c1-15(2)16-7-10-18(11-8-16)36-25-24-31-32(14-23(34)29-20-12-9-17(27)13-19(20)28)26(35)33(24)22-6-4-3-5-21(22)30-25/h3-13,15H,14H2,1-2H3,(H,29,34). The second kappa shape index (κ2) is 9.21. The molecule has 0 aliphatic heterocycles. The van der Waals surface area contributed by atoms with E-state index in [0.29, 0.717) is 28.8 Å². The third kappa shape index (κ3) is 4.40. The molecular weight excluding hydrogens is 468 g/mol. The van der Waals surface area contributed by atoms with E-state index in [1.165, 1.54) is 4.40 Å². The Morgan fingerprint density at radius 2 is 1.81 bits per heavy atom. The van der Waals surface area contributed by atoms with Gasteiger partial charge in [-0.15, -0.1) is 5.10 Å². The van der Waals surface area contributed by atoms with E-state index in [9.17, 15) is 18.4 Å². The quantitative estimate of drug-likeness (QED) is 0.367. The van der Waals surface area contributed by atoms with Gasteiger partial charge in [-0.25, -0.2) is 27.6 Å². The van der Waals surface area contributed by atoms with Crippen LogP contribution in [0.15, 0.2) is 71.5 Å². The molecule has 0 saturated heterocycles. The molecule has 3 aromatic carbocycles. The first kappa shape index (κ1) is 23.2. The van der Waals surface area contributed by atoms with Crippen LogP contribution in [0.5, 0.6) is 11.6 Å². The lowest BCUT2D eigenvalue weighted by molar-refractivity contribution is -0.117. The minimum Gasteiger partial charge on any atom is -0.436 e. The number of para-hydroxylation sites is 2. The number of nitrogens with one attached hydrogen (secondary N) is 1. The van der Waals surface area contributed by atoms with Gasteiger partial charge < -0.3 is 10.1 Å². The van der Waals surface area contributed by atoms with Crippen LogP contribution < -0.4 is 15.7 Å². The van der Waals surface area contributed by atoms with Gasteiger partial charge in [-0.3, -0.25) is 4.79 Å². The van der Waals surface area contributed by atoms with E-state index in [-0.39, 0.29) is 17.2 Å². The van der Waals surface area contributed by atoms with E-state index in [1.807, 2.05) is 24.3 Å². The van der Waals surface area contributed by atoms with Crippen molar-refractivity contribution in [1.29, 1.82) is 0 Å². The third-order valence-corrected chi connectivity index (χ3v) is 5.64. The summed E-state index contributed by atoms with van der Waals surface area (Å²) in [7, 11) is 0. The van der Waals surface area contributed by atoms with Gasteiger partial charge >= 0.3 is 5.69 Å². The second-order valence-corrected chi connectivity index (χ2v) is 8.50. The van der Waals surface area contributed by atoms with Gasteiger partial charge in [-0.05, 0) is 47.9 Å². The largest absolute Gasteiger partial charge is 0.436 e. The molecule has 0 aliphatic carbocycles. The van der Waals surface area contributed by atoms with E-state index < -0.39 is 29.8 Å². The van der Waals surface area contributed by atoms with Crippen LogP contribution in [0.2, 0.25) is 0 Å². The highest BCUT2D eigenvalue weighted by molar-refractivity contribution is 5.90. The summed E-state index contributed by atoms with van der Waals surface area (Å²) < 4.78 is 35.3. The molecule has 5 aromatic rings. The summed E-state index contributed by atoms with van der Waals surface area (Å²) in [5.74, 6) is -1.46. The van der Waals surface area contributed by atoms with Gasteiger partial charge in [-0.2, -0.15) is 0 Å². The monoisotopic (exact) mass is 489 g/mol. The number of fused-ring (bicyclic) bond motifs is 3. The minimum absolute atomic E-state index is 0.0897. The number of ether oxygens (including phenoxy) is 1. The van der Waals surface area contributed by atoms with E-state index in [1.54, 1.807) is 24.3 Å². The molecule has 5 rings (SSSR count). The average molecular weight is 489 g/mol. The highest BCUT2D eigenvalue weighted by Gasteiger charge is 2.19. The molecular formula is C26H21F2N5O3. The van der Waals surface area contributed by atoms with Crippen molar-refractivity contribution in [3.63, 3.8) is 0 Å². The number of hydrogen-bond acceptors (Lipinski definition) is 5. The molecule has 182 valence electrons. The third-order valence-electron chi connectivity index (χ3n) is 5.64. The van der Waals surface area contributed by atoms with Crippen molar-refractivity contribution in [2.24, 2.45) is 0 Å². The molecule has 2 heterocycles. The molecule has 0 saturated carbocycles. The Labute approximate surface area is 203 Å². The van der Waals surface area contributed by atoms with Crippen LogP contribution in [-0.2, 0) is 11.3 Å². The first-order valence-corrected chi connectivity index (χ1v) is 11.2. The van der Waals surface area contributed by atoms with Crippen molar-refractivity contribution in [3.8, 4) is 11.6 Å². The number of hydrogen-bond donors (Lipinski definition) is 1. The van der Waals surface area contributed by atoms with Gasteiger partial charge in [0.25, 0.3) is 5.88 Å². The predicted molar refractivity (Wildman–Crippen MR) is 130 cm³/mol. The Morgan fingerprint density at radius 1 is 1.06 bits per heavy atom. The summed E-state index contributed by atoms with van der Waals surface area (Å²) in [4.78, 5) is 30.3. The number of benzene rings is 3. The molecule has 10 heteroatoms. The molecule has 0 radical (unpaired) electrons. The zero-order valence-electron chi connectivity index (χ0n) is 19.4. The molecule has 1 N–H and O–H groups in total. The maximum Gasteiger partial charge on any atom is 0.351 e. The van der Waals surface area contributed by atoms with Crippen LogP contribution in [0.4, 0.5) is 14.5 Å². The highest BCUT2D eigenvalue weighted by atomic mass is 19.1. The maximum atomic E-state index is 13.9. The number of carbonyl (C=O) groups excluding carboxylic acids is 1. The van der Waals surface area contributed by atoms with Crippen molar-refractivity contribution >= 4 is 28.3 Å². The van der Waals surface area contributed by atoms with Crippen LogP contribution in [0.1, 0.15) is 25.3 Å². The van der Waals surface area contributed by atoms with Crippen LogP contribution in [-0.4, -0.2) is 25.1 Å². The Morgan fingerprint density at radius 3 is 2.53 bits per heavy atom. The molecule has 2 aromatic heterocycles. The topological polar surface area (TPSA) is 90.5 Å². The summed E-state index contributed by atoms with van der Waals surface area (Å²) in [6, 6.07) is 17.3. The van der Waals surface area contributed by atoms with Gasteiger partial charge in [0, 0.05) is 6.07 Å². The fraction of sp³-hybridized carbons (Fsp3) is 0.154. The minimum atomic E-state index is -0.930. The van der Waals surface area contributed by atoms with Gasteiger partial charge in [0.2, 0.25) is 11.6 Å². The predicted octanol–water partition coefficient (Wildman–Crippen LogP) is 4.88. The Bertz CT molecular complexity index is 1660. The normalized spacial score (nSPS) is 11.4. The second-order valence-electron chi connectivity index (χ2n) is 8.50. The van der Waals surface area contributed by atoms with Crippen LogP contribution in [0, 0.1) is 11.6 Å². The molecule has 0 aliphatic rings. The number of rotatable bonds is 6. The number of carbonyl (C=O) groups is 1. The lowest BCUT2D eigenvalue weighted by atomic mass is 10.0. The Kier molecular flexibility index (Phi) is 5.93. The smallest absolute Gasteiger partial charge is 0.351 e. The summed E-state index contributed by atoms with van der Waals surface area (Å²) in [5.41, 5.74) is 1.43. The van der Waals surface area contributed by atoms with E-state index in [0.717, 1.165) is 22.4 Å². The summed E-state index contributed by atoms with van der Waals surface area (Å²) in [6.45, 7) is 3.67. The van der Waals surface area contributed by atoms with Gasteiger partial charge in [0.15, 0.2) is 0 Å². The van der Waals surface area contributed by atoms with E-state index in [4.69, 9.17) is 4.74 Å². The fourth-order valence-electron chi connectivity index (χ4n) is 3.79. The van der Waals surface area contributed by atoms with Crippen LogP contribution >= 0.6 is 0 Å². The van der Waals surface area contributed by atoms with Crippen LogP contribution in [0.25, 0.3) is 16.7 Å². The summed E-state index contributed by atoms with van der Waals surface area (Å²) in [6.07, 6.45) is 0. The Balaban J connectivity index is 1.52. The zero-order valence-corrected chi connectivity index (χ0v) is 19.4. The SMILES string of the molecule is CC(C)c1ccc(Oc2nc3ccccc3n3c(=O)n(CC(=O)Nc4ccc(F)cc4F)nc23)cc1. The van der Waals surface area contributed by atoms with Crippen molar-refractivity contribution in [3.05, 3.63) is 94.4 Å². The van der Waals surface area contributed by atoms with Gasteiger partial charge in [0.1, 0.15) is 23.9 Å². The van der Waals surface area contributed by atoms with Crippen LogP contribution in [0.3, 0.4) is 0 Å². The fourth-order valence-corrected chi connectivity index (χ4v) is 3.79.